The number of esters is 1. The fraction of sp³-hybridized carbons (Fsp3) is 0.300. The molecule has 0 saturated carbocycles. The molecule has 0 amide bonds. The van der Waals surface area contributed by atoms with Gasteiger partial charge in [-0.1, -0.05) is 46.3 Å². The minimum absolute atomic E-state index is 0.113. The predicted octanol–water partition coefficient (Wildman–Crippen LogP) is 2.44. The molecule has 0 N–H and O–H groups in total. The fourth-order valence-electron chi connectivity index (χ4n) is 1.45. The van der Waals surface area contributed by atoms with Crippen LogP contribution in [-0.4, -0.2) is 10.8 Å². The van der Waals surface area contributed by atoms with E-state index < -0.39 is 0 Å². The van der Waals surface area contributed by atoms with Crippen molar-refractivity contribution >= 4 is 21.9 Å². The average Bonchev–Trinajstić information content (AvgIpc) is 2.47. The minimum atomic E-state index is -0.129. The van der Waals surface area contributed by atoms with Crippen LogP contribution in [0.4, 0.5) is 0 Å². The first kappa shape index (κ1) is 8.75. The number of hydrogen-bond acceptors (Lipinski definition) is 2. The Morgan fingerprint density at radius 3 is 2.54 bits per heavy atom. The SMILES string of the molecule is O=C1CC(Br)C(c2ccccc2)O1. The molecule has 1 saturated heterocycles. The highest BCUT2D eigenvalue weighted by molar-refractivity contribution is 9.09. The number of cyclic esters (lactones) is 1. The summed E-state index contributed by atoms with van der Waals surface area (Å²) in [5.41, 5.74) is 1.05. The van der Waals surface area contributed by atoms with Crippen LogP contribution >= 0.6 is 15.9 Å². The summed E-state index contributed by atoms with van der Waals surface area (Å²) in [4.78, 5) is 11.1. The quantitative estimate of drug-likeness (QED) is 0.557. The highest BCUT2D eigenvalue weighted by atomic mass is 79.9. The number of halogens is 1. The van der Waals surface area contributed by atoms with Crippen LogP contribution in [-0.2, 0) is 9.53 Å². The highest BCUT2D eigenvalue weighted by Gasteiger charge is 2.33. The lowest BCUT2D eigenvalue weighted by molar-refractivity contribution is -0.141. The molecule has 1 aromatic rings. The molecule has 13 heavy (non-hydrogen) atoms. The molecule has 0 aliphatic carbocycles. The lowest BCUT2D eigenvalue weighted by atomic mass is 10.1. The lowest BCUT2D eigenvalue weighted by Crippen LogP contribution is -2.05. The predicted molar refractivity (Wildman–Crippen MR) is 52.6 cm³/mol. The van der Waals surface area contributed by atoms with Crippen molar-refractivity contribution in [2.24, 2.45) is 0 Å². The van der Waals surface area contributed by atoms with Crippen molar-refractivity contribution in [1.29, 1.82) is 0 Å². The molecular formula is C10H9BrO2. The zero-order valence-electron chi connectivity index (χ0n) is 6.94. The van der Waals surface area contributed by atoms with Crippen LogP contribution in [0.25, 0.3) is 0 Å². The van der Waals surface area contributed by atoms with E-state index in [1.54, 1.807) is 0 Å². The number of alkyl halides is 1. The van der Waals surface area contributed by atoms with Gasteiger partial charge in [0, 0.05) is 0 Å². The summed E-state index contributed by atoms with van der Waals surface area (Å²) in [5.74, 6) is -0.129. The van der Waals surface area contributed by atoms with Gasteiger partial charge in [0.25, 0.3) is 0 Å². The van der Waals surface area contributed by atoms with Gasteiger partial charge in [-0.15, -0.1) is 0 Å². The van der Waals surface area contributed by atoms with Crippen LogP contribution in [0.15, 0.2) is 30.3 Å². The van der Waals surface area contributed by atoms with E-state index in [2.05, 4.69) is 15.9 Å². The second kappa shape index (κ2) is 3.50. The standard InChI is InChI=1S/C10H9BrO2/c11-8-6-9(12)13-10(8)7-4-2-1-3-5-7/h1-5,8,10H,6H2. The zero-order chi connectivity index (χ0) is 9.26. The maximum atomic E-state index is 11.0. The van der Waals surface area contributed by atoms with Gasteiger partial charge in [0.05, 0.1) is 11.2 Å². The van der Waals surface area contributed by atoms with E-state index in [0.717, 1.165) is 5.56 Å². The maximum Gasteiger partial charge on any atom is 0.307 e. The number of carbonyl (C=O) groups is 1. The zero-order valence-corrected chi connectivity index (χ0v) is 8.53. The third kappa shape index (κ3) is 1.75. The van der Waals surface area contributed by atoms with Gasteiger partial charge in [0.1, 0.15) is 6.10 Å². The molecule has 0 aromatic heterocycles. The van der Waals surface area contributed by atoms with Crippen LogP contribution in [0.2, 0.25) is 0 Å². The summed E-state index contributed by atoms with van der Waals surface area (Å²) in [7, 11) is 0. The first-order valence-corrected chi connectivity index (χ1v) is 5.07. The van der Waals surface area contributed by atoms with Gasteiger partial charge in [-0.3, -0.25) is 4.79 Å². The summed E-state index contributed by atoms with van der Waals surface area (Å²) in [6, 6.07) is 9.78. The number of benzene rings is 1. The second-order valence-electron chi connectivity index (χ2n) is 3.04. The van der Waals surface area contributed by atoms with Gasteiger partial charge in [0.2, 0.25) is 0 Å². The molecule has 1 aliphatic rings. The minimum Gasteiger partial charge on any atom is -0.456 e. The summed E-state index contributed by atoms with van der Waals surface area (Å²) < 4.78 is 5.17. The van der Waals surface area contributed by atoms with Crippen molar-refractivity contribution in [3.8, 4) is 0 Å². The molecule has 2 rings (SSSR count). The Kier molecular flexibility index (Phi) is 2.36. The van der Waals surface area contributed by atoms with Gasteiger partial charge in [-0.05, 0) is 5.56 Å². The Morgan fingerprint density at radius 2 is 2.00 bits per heavy atom. The Bertz CT molecular complexity index is 310. The second-order valence-corrected chi connectivity index (χ2v) is 4.22. The van der Waals surface area contributed by atoms with E-state index in [4.69, 9.17) is 4.74 Å². The van der Waals surface area contributed by atoms with E-state index in [1.807, 2.05) is 30.3 Å². The molecule has 1 aromatic carbocycles. The Hall–Kier alpha value is -0.830. The summed E-state index contributed by atoms with van der Waals surface area (Å²) in [6.45, 7) is 0. The smallest absolute Gasteiger partial charge is 0.307 e. The fourth-order valence-corrected chi connectivity index (χ4v) is 2.13. The molecule has 0 spiro atoms. The van der Waals surface area contributed by atoms with Crippen molar-refractivity contribution in [2.45, 2.75) is 17.4 Å². The monoisotopic (exact) mass is 240 g/mol. The molecule has 1 heterocycles. The first-order valence-electron chi connectivity index (χ1n) is 4.16. The molecule has 0 radical (unpaired) electrons. The van der Waals surface area contributed by atoms with Crippen molar-refractivity contribution in [1.82, 2.24) is 0 Å². The van der Waals surface area contributed by atoms with E-state index in [0.29, 0.717) is 6.42 Å². The van der Waals surface area contributed by atoms with Gasteiger partial charge in [0.15, 0.2) is 0 Å². The van der Waals surface area contributed by atoms with Crippen molar-refractivity contribution in [3.05, 3.63) is 35.9 Å². The largest absolute Gasteiger partial charge is 0.456 e. The maximum absolute atomic E-state index is 11.0. The number of carbonyl (C=O) groups excluding carboxylic acids is 1. The molecule has 1 fully saturated rings. The normalized spacial score (nSPS) is 27.3. The summed E-state index contributed by atoms with van der Waals surface area (Å²) in [6.07, 6.45) is 0.341. The van der Waals surface area contributed by atoms with Crippen molar-refractivity contribution in [2.75, 3.05) is 0 Å². The lowest BCUT2D eigenvalue weighted by Gasteiger charge is -2.12. The third-order valence-corrected chi connectivity index (χ3v) is 2.88. The number of ether oxygens (including phenoxy) is 1. The third-order valence-electron chi connectivity index (χ3n) is 2.08. The van der Waals surface area contributed by atoms with Crippen LogP contribution in [0.1, 0.15) is 18.1 Å². The van der Waals surface area contributed by atoms with Crippen molar-refractivity contribution in [3.63, 3.8) is 0 Å². The molecule has 1 aliphatic heterocycles. The number of rotatable bonds is 1. The van der Waals surface area contributed by atoms with Gasteiger partial charge in [-0.25, -0.2) is 0 Å². The van der Waals surface area contributed by atoms with Gasteiger partial charge in [-0.2, -0.15) is 0 Å². The average molecular weight is 241 g/mol. The van der Waals surface area contributed by atoms with E-state index in [9.17, 15) is 4.79 Å². The van der Waals surface area contributed by atoms with Crippen LogP contribution in [0, 0.1) is 0 Å². The summed E-state index contributed by atoms with van der Waals surface area (Å²) >= 11 is 3.44. The summed E-state index contributed by atoms with van der Waals surface area (Å²) in [5, 5.41) is 0. The van der Waals surface area contributed by atoms with E-state index in [-0.39, 0.29) is 16.9 Å². The molecule has 68 valence electrons. The molecule has 0 bridgehead atoms. The Labute approximate surface area is 85.0 Å². The van der Waals surface area contributed by atoms with Crippen LogP contribution < -0.4 is 0 Å². The van der Waals surface area contributed by atoms with Crippen LogP contribution in [0.3, 0.4) is 0 Å². The molecule has 2 nitrogen and oxygen atoms in total. The van der Waals surface area contributed by atoms with E-state index >= 15 is 0 Å². The highest BCUT2D eigenvalue weighted by Crippen LogP contribution is 2.34. The molecule has 2 atom stereocenters. The Balaban J connectivity index is 2.23. The first-order chi connectivity index (χ1) is 6.27. The van der Waals surface area contributed by atoms with Gasteiger partial charge < -0.3 is 4.74 Å². The molecule has 3 heteroatoms. The topological polar surface area (TPSA) is 26.3 Å². The van der Waals surface area contributed by atoms with Crippen molar-refractivity contribution < 1.29 is 9.53 Å². The van der Waals surface area contributed by atoms with Crippen LogP contribution in [0.5, 0.6) is 0 Å². The van der Waals surface area contributed by atoms with Gasteiger partial charge >= 0.3 is 5.97 Å². The Morgan fingerprint density at radius 1 is 1.31 bits per heavy atom. The molecule has 2 unspecified atom stereocenters. The molecular weight excluding hydrogens is 232 g/mol. The van der Waals surface area contributed by atoms with E-state index in [1.165, 1.54) is 0 Å². The number of hydrogen-bond donors (Lipinski definition) is 0.